The minimum Gasteiger partial charge on any atom is -0.699 e. The van der Waals surface area contributed by atoms with Gasteiger partial charge in [-0.3, -0.25) is 0 Å². The molecule has 1 aliphatic heterocycles. The van der Waals surface area contributed by atoms with E-state index in [1.54, 1.807) is 0 Å². The van der Waals surface area contributed by atoms with Crippen LogP contribution in [0, 0.1) is 88.1 Å². The van der Waals surface area contributed by atoms with E-state index >= 15 is 0 Å². The van der Waals surface area contributed by atoms with E-state index in [0.29, 0.717) is 5.69 Å². The van der Waals surface area contributed by atoms with E-state index in [-0.39, 0.29) is 88.1 Å². The first-order valence-electron chi connectivity index (χ1n) is 3.33. The fraction of sp³-hybridized carbons (Fsp3) is 0.250. The van der Waals surface area contributed by atoms with Crippen molar-refractivity contribution in [2.45, 2.75) is 13.1 Å². The Labute approximate surface area is 144 Å². The molecular weight excluding hydrogens is 578 g/mol. The molecule has 1 aliphatic rings. The Kier molecular flexibility index (Phi) is 7.35. The van der Waals surface area contributed by atoms with Crippen molar-refractivity contribution in [2.24, 2.45) is 0 Å². The van der Waals surface area contributed by atoms with Crippen LogP contribution in [-0.4, -0.2) is 0 Å². The van der Waals surface area contributed by atoms with Crippen LogP contribution in [0.1, 0.15) is 11.1 Å². The second-order valence-electron chi connectivity index (χ2n) is 2.48. The molecular formula is C8H8Ac2N2-2. The van der Waals surface area contributed by atoms with Gasteiger partial charge in [0, 0.05) is 88.1 Å². The Balaban J connectivity index is 0.000000605. The number of fused-ring (bicyclic) bond motifs is 1. The van der Waals surface area contributed by atoms with Crippen LogP contribution in [0.5, 0.6) is 0 Å². The van der Waals surface area contributed by atoms with Gasteiger partial charge < -0.3 is 11.1 Å². The summed E-state index contributed by atoms with van der Waals surface area (Å²) < 4.78 is 0. The standard InChI is InChI=1S/C8H8N2.2Ac/c9-8-3-1-2-6-4-10-5-7(6)8;;/h1-3,9H,4-5H2;;/q-2;;. The van der Waals surface area contributed by atoms with Crippen molar-refractivity contribution in [3.8, 4) is 0 Å². The Hall–Kier alpha value is 1.86. The predicted octanol–water partition coefficient (Wildman–Crippen LogP) is 2.76. The molecule has 1 aromatic carbocycles. The van der Waals surface area contributed by atoms with Gasteiger partial charge in [0.05, 0.1) is 0 Å². The van der Waals surface area contributed by atoms with E-state index in [2.05, 4.69) is 5.32 Å². The average molecular weight is 586 g/mol. The van der Waals surface area contributed by atoms with Crippen molar-refractivity contribution in [2.75, 3.05) is 0 Å². The second kappa shape index (κ2) is 6.37. The van der Waals surface area contributed by atoms with Crippen molar-refractivity contribution in [3.63, 3.8) is 0 Å². The van der Waals surface area contributed by atoms with Gasteiger partial charge in [-0.15, -0.1) is 18.8 Å². The third-order valence-corrected chi connectivity index (χ3v) is 1.83. The van der Waals surface area contributed by atoms with Gasteiger partial charge in [-0.05, 0) is 0 Å². The van der Waals surface area contributed by atoms with Gasteiger partial charge in [0.25, 0.3) is 0 Å². The first-order valence-corrected chi connectivity index (χ1v) is 3.33. The molecule has 2 nitrogen and oxygen atoms in total. The van der Waals surface area contributed by atoms with E-state index in [4.69, 9.17) is 5.73 Å². The van der Waals surface area contributed by atoms with E-state index in [0.717, 1.165) is 18.7 Å². The molecule has 0 unspecified atom stereocenters. The van der Waals surface area contributed by atoms with E-state index in [1.807, 2.05) is 18.2 Å². The topological polar surface area (TPSA) is 37.9 Å². The molecule has 2 rings (SSSR count). The quantitative estimate of drug-likeness (QED) is 0.449. The molecule has 0 aromatic heterocycles. The maximum atomic E-state index is 7.49. The number of benzene rings is 1. The zero-order valence-corrected chi connectivity index (χ0v) is 16.2. The average Bonchev–Trinajstić information content (AvgIpc) is 2.36. The number of nitrogens with zero attached hydrogens (tertiary/aromatic N) is 1. The predicted molar refractivity (Wildman–Crippen MR) is 41.2 cm³/mol. The van der Waals surface area contributed by atoms with Crippen LogP contribution in [-0.2, 0) is 13.1 Å². The Bertz CT molecular complexity index is 263. The molecule has 1 aromatic rings. The molecule has 0 saturated heterocycles. The Morgan fingerprint density at radius 3 is 2.58 bits per heavy atom. The smallest absolute Gasteiger partial charge is 0 e. The fourth-order valence-corrected chi connectivity index (χ4v) is 1.26. The van der Waals surface area contributed by atoms with Crippen molar-refractivity contribution in [1.29, 1.82) is 0 Å². The summed E-state index contributed by atoms with van der Waals surface area (Å²) in [6.45, 7) is 1.55. The van der Waals surface area contributed by atoms with Crippen LogP contribution < -0.4 is 0 Å². The molecule has 4 heteroatoms. The Morgan fingerprint density at radius 1 is 1.17 bits per heavy atom. The van der Waals surface area contributed by atoms with Crippen LogP contribution in [0.25, 0.3) is 11.1 Å². The number of hydrogen-bond donors (Lipinski definition) is 0. The third-order valence-electron chi connectivity index (χ3n) is 1.83. The second-order valence-corrected chi connectivity index (χ2v) is 2.48. The van der Waals surface area contributed by atoms with Gasteiger partial charge in [0.15, 0.2) is 0 Å². The molecule has 1 N–H and O–H groups in total. The van der Waals surface area contributed by atoms with Crippen LogP contribution in [0.3, 0.4) is 0 Å². The van der Waals surface area contributed by atoms with Gasteiger partial charge in [0.2, 0.25) is 0 Å². The zero-order chi connectivity index (χ0) is 6.97. The van der Waals surface area contributed by atoms with Crippen LogP contribution in [0.15, 0.2) is 18.2 Å². The van der Waals surface area contributed by atoms with E-state index in [1.165, 1.54) is 5.56 Å². The van der Waals surface area contributed by atoms with Crippen LogP contribution >= 0.6 is 0 Å². The molecule has 0 atom stereocenters. The van der Waals surface area contributed by atoms with Gasteiger partial charge in [-0.1, -0.05) is 29.3 Å². The summed E-state index contributed by atoms with van der Waals surface area (Å²) in [5.74, 6) is 0. The van der Waals surface area contributed by atoms with Gasteiger partial charge >= 0.3 is 0 Å². The molecule has 0 fully saturated rings. The number of hydrogen-bond acceptors (Lipinski definition) is 0. The summed E-state index contributed by atoms with van der Waals surface area (Å²) >= 11 is 0. The molecule has 1 heterocycles. The minimum atomic E-state index is 0. The largest absolute Gasteiger partial charge is 0.699 e. The van der Waals surface area contributed by atoms with Gasteiger partial charge in [-0.2, -0.15) is 0 Å². The maximum Gasteiger partial charge on any atom is 0 e. The minimum absolute atomic E-state index is 0. The zero-order valence-electron chi connectivity index (χ0n) is 6.75. The first kappa shape index (κ1) is 13.9. The molecule has 0 aliphatic carbocycles. The first-order chi connectivity index (χ1) is 4.88. The SMILES string of the molecule is [Ac].[Ac].[NH-]c1cccc2c1C[N-]C2. The van der Waals surface area contributed by atoms with Crippen LogP contribution in [0.2, 0.25) is 0 Å². The summed E-state index contributed by atoms with van der Waals surface area (Å²) in [6, 6.07) is 5.78. The van der Waals surface area contributed by atoms with E-state index in [9.17, 15) is 0 Å². The normalized spacial score (nSPS) is 12.7. The van der Waals surface area contributed by atoms with E-state index < -0.39 is 0 Å². The monoisotopic (exact) mass is 586 g/mol. The summed E-state index contributed by atoms with van der Waals surface area (Å²) in [5.41, 5.74) is 10.5. The van der Waals surface area contributed by atoms with Crippen molar-refractivity contribution < 1.29 is 88.1 Å². The summed E-state index contributed by atoms with van der Waals surface area (Å²) in [7, 11) is 0. The van der Waals surface area contributed by atoms with Gasteiger partial charge in [-0.25, -0.2) is 0 Å². The molecule has 2 radical (unpaired) electrons. The fourth-order valence-electron chi connectivity index (χ4n) is 1.26. The van der Waals surface area contributed by atoms with Crippen molar-refractivity contribution in [3.05, 3.63) is 40.4 Å². The summed E-state index contributed by atoms with van der Waals surface area (Å²) in [4.78, 5) is 0. The number of nitrogens with one attached hydrogen (secondary N) is 1. The molecule has 0 amide bonds. The number of rotatable bonds is 0. The molecule has 12 heavy (non-hydrogen) atoms. The van der Waals surface area contributed by atoms with Crippen LogP contribution in [0.4, 0.5) is 5.69 Å². The van der Waals surface area contributed by atoms with Crippen molar-refractivity contribution >= 4 is 5.69 Å². The Morgan fingerprint density at radius 2 is 1.92 bits per heavy atom. The summed E-state index contributed by atoms with van der Waals surface area (Å²) in [5, 5.41) is 4.19. The molecule has 0 saturated carbocycles. The molecule has 0 spiro atoms. The summed E-state index contributed by atoms with van der Waals surface area (Å²) in [6.07, 6.45) is 0. The van der Waals surface area contributed by atoms with Crippen molar-refractivity contribution in [1.82, 2.24) is 0 Å². The van der Waals surface area contributed by atoms with Gasteiger partial charge in [0.1, 0.15) is 0 Å². The molecule has 58 valence electrons. The maximum absolute atomic E-state index is 7.49. The third kappa shape index (κ3) is 2.93. The molecule has 0 bridgehead atoms.